The van der Waals surface area contributed by atoms with E-state index in [2.05, 4.69) is 37.8 Å². The Morgan fingerprint density at radius 3 is 2.89 bits per heavy atom. The van der Waals surface area contributed by atoms with Gasteiger partial charge in [-0.15, -0.1) is 5.10 Å². The van der Waals surface area contributed by atoms with Crippen LogP contribution in [0.1, 0.15) is 27.9 Å². The predicted molar refractivity (Wildman–Crippen MR) is 76.1 cm³/mol. The van der Waals surface area contributed by atoms with Gasteiger partial charge in [0, 0.05) is 10.2 Å². The van der Waals surface area contributed by atoms with E-state index in [9.17, 15) is 4.79 Å². The summed E-state index contributed by atoms with van der Waals surface area (Å²) in [5.74, 6) is -0.153. The van der Waals surface area contributed by atoms with Crippen LogP contribution in [-0.2, 0) is 6.42 Å². The van der Waals surface area contributed by atoms with Crippen LogP contribution >= 0.6 is 27.5 Å². The number of benzene rings is 1. The maximum atomic E-state index is 12.1. The van der Waals surface area contributed by atoms with Gasteiger partial charge in [-0.25, -0.2) is 0 Å². The van der Waals surface area contributed by atoms with E-state index >= 15 is 0 Å². The van der Waals surface area contributed by atoms with Crippen LogP contribution in [0.5, 0.6) is 0 Å². The molecule has 0 spiro atoms. The van der Waals surface area contributed by atoms with Crippen LogP contribution in [0.4, 0.5) is 5.69 Å². The van der Waals surface area contributed by atoms with Crippen LogP contribution in [0.3, 0.4) is 0 Å². The van der Waals surface area contributed by atoms with Gasteiger partial charge in [-0.3, -0.25) is 4.79 Å². The van der Waals surface area contributed by atoms with Gasteiger partial charge >= 0.3 is 0 Å². The van der Waals surface area contributed by atoms with Gasteiger partial charge in [0.05, 0.1) is 5.69 Å². The summed E-state index contributed by atoms with van der Waals surface area (Å²) in [6.45, 7) is 3.83. The predicted octanol–water partition coefficient (Wildman–Crippen LogP) is 3.42. The number of hydrogen-bond donors (Lipinski definition) is 1. The van der Waals surface area contributed by atoms with Crippen molar-refractivity contribution in [3.8, 4) is 0 Å². The number of anilines is 1. The molecule has 6 heteroatoms. The van der Waals surface area contributed by atoms with Crippen LogP contribution in [0.15, 0.2) is 22.7 Å². The molecule has 0 atom stereocenters. The molecule has 2 rings (SSSR count). The number of rotatable bonds is 3. The molecule has 1 aromatic heterocycles. The highest BCUT2D eigenvalue weighted by molar-refractivity contribution is 9.10. The Balaban J connectivity index is 2.24. The zero-order valence-corrected chi connectivity index (χ0v) is 12.4. The van der Waals surface area contributed by atoms with Crippen molar-refractivity contribution in [3.63, 3.8) is 0 Å². The maximum absolute atomic E-state index is 12.1. The number of carbonyl (C=O) groups excluding carboxylic acids is 1. The van der Waals surface area contributed by atoms with Crippen molar-refractivity contribution >= 4 is 39.1 Å². The highest BCUT2D eigenvalue weighted by atomic mass is 79.9. The number of aromatic nitrogens is 2. The molecule has 0 aliphatic heterocycles. The average molecular weight is 326 g/mol. The topological polar surface area (TPSA) is 54.9 Å². The van der Waals surface area contributed by atoms with Crippen molar-refractivity contribution in [3.05, 3.63) is 38.8 Å². The molecule has 1 aromatic carbocycles. The van der Waals surface area contributed by atoms with Gasteiger partial charge in [0.15, 0.2) is 0 Å². The van der Waals surface area contributed by atoms with Crippen molar-refractivity contribution < 1.29 is 4.79 Å². The third-order valence-corrected chi connectivity index (χ3v) is 3.87. The Bertz CT molecular complexity index is 582. The Kier molecular flexibility index (Phi) is 4.08. The summed E-state index contributed by atoms with van der Waals surface area (Å²) in [7, 11) is 0. The van der Waals surface area contributed by atoms with Crippen molar-refractivity contribution in [1.82, 2.24) is 9.59 Å². The summed E-state index contributed by atoms with van der Waals surface area (Å²) >= 11 is 4.53. The summed E-state index contributed by atoms with van der Waals surface area (Å²) < 4.78 is 4.77. The van der Waals surface area contributed by atoms with E-state index < -0.39 is 0 Å². The number of nitrogens with zero attached hydrogens (tertiary/aromatic N) is 2. The summed E-state index contributed by atoms with van der Waals surface area (Å²) in [5.41, 5.74) is 2.58. The largest absolute Gasteiger partial charge is 0.321 e. The number of carbonyl (C=O) groups is 1. The number of hydrogen-bond acceptors (Lipinski definition) is 4. The molecular weight excluding hydrogens is 314 g/mol. The van der Waals surface area contributed by atoms with Gasteiger partial charge in [0.2, 0.25) is 0 Å². The van der Waals surface area contributed by atoms with Crippen LogP contribution in [0.2, 0.25) is 0 Å². The van der Waals surface area contributed by atoms with Crippen LogP contribution in [0, 0.1) is 6.92 Å². The number of amides is 1. The lowest BCUT2D eigenvalue weighted by Gasteiger charge is -2.09. The highest BCUT2D eigenvalue weighted by Crippen LogP contribution is 2.22. The third-order valence-electron chi connectivity index (χ3n) is 2.55. The second-order valence-corrected chi connectivity index (χ2v) is 5.47. The van der Waals surface area contributed by atoms with Gasteiger partial charge in [-0.1, -0.05) is 27.3 Å². The highest BCUT2D eigenvalue weighted by Gasteiger charge is 2.14. The van der Waals surface area contributed by atoms with Gasteiger partial charge < -0.3 is 5.32 Å². The van der Waals surface area contributed by atoms with Crippen LogP contribution in [0.25, 0.3) is 0 Å². The molecule has 94 valence electrons. The minimum Gasteiger partial charge on any atom is -0.321 e. The zero-order valence-electron chi connectivity index (χ0n) is 10.0. The summed E-state index contributed by atoms with van der Waals surface area (Å²) in [6, 6.07) is 5.81. The molecule has 1 amide bonds. The standard InChI is InChI=1S/C12H12BrN3OS/c1-3-8-6-9(13)4-5-10(8)14-12(17)11-7(2)15-16-18-11/h4-6H,3H2,1-2H3,(H,14,17). The first-order valence-electron chi connectivity index (χ1n) is 5.50. The second-order valence-electron chi connectivity index (χ2n) is 3.80. The molecule has 0 aliphatic rings. The molecule has 18 heavy (non-hydrogen) atoms. The normalized spacial score (nSPS) is 10.4. The zero-order chi connectivity index (χ0) is 13.1. The number of halogens is 1. The fraction of sp³-hybridized carbons (Fsp3) is 0.250. The average Bonchev–Trinajstić information content (AvgIpc) is 2.77. The molecule has 1 N–H and O–H groups in total. The van der Waals surface area contributed by atoms with E-state index in [0.29, 0.717) is 10.6 Å². The smallest absolute Gasteiger partial charge is 0.269 e. The minimum absolute atomic E-state index is 0.153. The van der Waals surface area contributed by atoms with Crippen molar-refractivity contribution in [2.45, 2.75) is 20.3 Å². The molecule has 0 radical (unpaired) electrons. The summed E-state index contributed by atoms with van der Waals surface area (Å²) in [5, 5.41) is 6.74. The molecule has 0 bridgehead atoms. The molecular formula is C12H12BrN3OS. The van der Waals surface area contributed by atoms with E-state index in [1.165, 1.54) is 0 Å². The van der Waals surface area contributed by atoms with Crippen molar-refractivity contribution in [2.75, 3.05) is 5.32 Å². The maximum Gasteiger partial charge on any atom is 0.269 e. The monoisotopic (exact) mass is 325 g/mol. The Morgan fingerprint density at radius 1 is 1.50 bits per heavy atom. The first-order valence-corrected chi connectivity index (χ1v) is 7.07. The number of aryl methyl sites for hydroxylation is 2. The van der Waals surface area contributed by atoms with Crippen LogP contribution < -0.4 is 5.32 Å². The van der Waals surface area contributed by atoms with Gasteiger partial charge in [-0.05, 0) is 48.6 Å². The van der Waals surface area contributed by atoms with Gasteiger partial charge in [0.25, 0.3) is 5.91 Å². The van der Waals surface area contributed by atoms with Crippen molar-refractivity contribution in [1.29, 1.82) is 0 Å². The first-order chi connectivity index (χ1) is 8.61. The third kappa shape index (κ3) is 2.76. The molecule has 0 aliphatic carbocycles. The van der Waals surface area contributed by atoms with E-state index in [1.54, 1.807) is 6.92 Å². The summed E-state index contributed by atoms with van der Waals surface area (Å²) in [6.07, 6.45) is 0.856. The lowest BCUT2D eigenvalue weighted by molar-refractivity contribution is 0.102. The van der Waals surface area contributed by atoms with Crippen molar-refractivity contribution in [2.24, 2.45) is 0 Å². The van der Waals surface area contributed by atoms with Gasteiger partial charge in [-0.2, -0.15) is 0 Å². The molecule has 0 unspecified atom stereocenters. The SMILES string of the molecule is CCc1cc(Br)ccc1NC(=O)c1snnc1C. The fourth-order valence-corrected chi connectivity index (χ4v) is 2.56. The molecule has 2 aromatic rings. The van der Waals surface area contributed by atoms with E-state index in [1.807, 2.05) is 18.2 Å². The molecule has 4 nitrogen and oxygen atoms in total. The fourth-order valence-electron chi connectivity index (χ4n) is 1.60. The molecule has 0 saturated carbocycles. The van der Waals surface area contributed by atoms with E-state index in [4.69, 9.17) is 0 Å². The summed E-state index contributed by atoms with van der Waals surface area (Å²) in [4.78, 5) is 12.6. The van der Waals surface area contributed by atoms with E-state index in [0.717, 1.165) is 33.7 Å². The second kappa shape index (κ2) is 5.58. The lowest BCUT2D eigenvalue weighted by atomic mass is 10.1. The van der Waals surface area contributed by atoms with Crippen LogP contribution in [-0.4, -0.2) is 15.5 Å². The molecule has 0 saturated heterocycles. The molecule has 1 heterocycles. The minimum atomic E-state index is -0.153. The Labute approximate surface area is 118 Å². The van der Waals surface area contributed by atoms with Gasteiger partial charge in [0.1, 0.15) is 4.88 Å². The first kappa shape index (κ1) is 13.2. The molecule has 0 fully saturated rings. The quantitative estimate of drug-likeness (QED) is 0.940. The number of nitrogens with one attached hydrogen (secondary N) is 1. The lowest BCUT2D eigenvalue weighted by Crippen LogP contribution is -2.13. The Hall–Kier alpha value is -1.27. The Morgan fingerprint density at radius 2 is 2.28 bits per heavy atom. The van der Waals surface area contributed by atoms with E-state index in [-0.39, 0.29) is 5.91 Å².